The predicted molar refractivity (Wildman–Crippen MR) is 79.0 cm³/mol. The average Bonchev–Trinajstić information content (AvgIpc) is 2.45. The molecule has 6 heteroatoms. The maximum atomic E-state index is 11.9. The van der Waals surface area contributed by atoms with E-state index >= 15 is 0 Å². The third-order valence-corrected chi connectivity index (χ3v) is 2.86. The van der Waals surface area contributed by atoms with Gasteiger partial charge < -0.3 is 15.0 Å². The molecule has 2 amide bonds. The summed E-state index contributed by atoms with van der Waals surface area (Å²) in [5.74, 6) is -1.05. The molecule has 0 aromatic heterocycles. The first kappa shape index (κ1) is 16.7. The Bertz CT molecular complexity index is 524. The molecule has 0 spiro atoms. The van der Waals surface area contributed by atoms with Gasteiger partial charge in [0.1, 0.15) is 0 Å². The lowest BCUT2D eigenvalue weighted by molar-refractivity contribution is -0.134. The lowest BCUT2D eigenvalue weighted by Crippen LogP contribution is -2.34. The van der Waals surface area contributed by atoms with E-state index in [1.165, 1.54) is 13.0 Å². The van der Waals surface area contributed by atoms with E-state index in [9.17, 15) is 14.4 Å². The van der Waals surface area contributed by atoms with Crippen molar-refractivity contribution in [3.8, 4) is 0 Å². The molecule has 6 nitrogen and oxygen atoms in total. The van der Waals surface area contributed by atoms with Crippen LogP contribution in [0, 0.1) is 0 Å². The number of ether oxygens (including phenoxy) is 1. The number of esters is 1. The van der Waals surface area contributed by atoms with Gasteiger partial charge >= 0.3 is 5.97 Å². The van der Waals surface area contributed by atoms with Crippen LogP contribution in [0.15, 0.2) is 24.3 Å². The van der Waals surface area contributed by atoms with Gasteiger partial charge in [-0.05, 0) is 32.0 Å². The first-order valence-electron chi connectivity index (χ1n) is 6.80. The average molecular weight is 292 g/mol. The molecular weight excluding hydrogens is 272 g/mol. The Labute approximate surface area is 124 Å². The van der Waals surface area contributed by atoms with Crippen LogP contribution in [0.2, 0.25) is 0 Å². The summed E-state index contributed by atoms with van der Waals surface area (Å²) < 4.78 is 4.99. The minimum atomic E-state index is -0.595. The summed E-state index contributed by atoms with van der Waals surface area (Å²) in [7, 11) is 0. The summed E-state index contributed by atoms with van der Waals surface area (Å²) in [6, 6.07) is 6.37. The molecule has 0 fully saturated rings. The molecule has 1 aromatic carbocycles. The molecule has 0 saturated carbocycles. The highest BCUT2D eigenvalue weighted by Gasteiger charge is 2.14. The quantitative estimate of drug-likeness (QED) is 0.809. The molecular formula is C15H20N2O4. The van der Waals surface area contributed by atoms with Crippen LogP contribution in [0.25, 0.3) is 0 Å². The van der Waals surface area contributed by atoms with E-state index in [2.05, 4.69) is 5.32 Å². The number of nitrogens with zero attached hydrogens (tertiary/aromatic N) is 1. The number of carbonyl (C=O) groups excluding carboxylic acids is 3. The smallest absolute Gasteiger partial charge is 0.338 e. The highest BCUT2D eigenvalue weighted by atomic mass is 16.5. The van der Waals surface area contributed by atoms with Crippen LogP contribution in [0.3, 0.4) is 0 Å². The minimum Gasteiger partial charge on any atom is -0.452 e. The Balaban J connectivity index is 2.63. The number of nitrogens with one attached hydrogen (secondary N) is 1. The van der Waals surface area contributed by atoms with Crippen molar-refractivity contribution in [2.75, 3.05) is 25.0 Å². The number of benzene rings is 1. The van der Waals surface area contributed by atoms with Gasteiger partial charge in [-0.2, -0.15) is 0 Å². The summed E-state index contributed by atoms with van der Waals surface area (Å²) >= 11 is 0. The second kappa shape index (κ2) is 8.04. The molecule has 0 aliphatic rings. The molecule has 1 N–H and O–H groups in total. The Kier molecular flexibility index (Phi) is 6.39. The molecule has 0 bridgehead atoms. The second-order valence-electron chi connectivity index (χ2n) is 4.40. The van der Waals surface area contributed by atoms with Crippen molar-refractivity contribution in [1.29, 1.82) is 0 Å². The first-order valence-corrected chi connectivity index (χ1v) is 6.80. The van der Waals surface area contributed by atoms with E-state index in [0.717, 1.165) is 0 Å². The summed E-state index contributed by atoms with van der Waals surface area (Å²) in [6.45, 7) is 5.97. The van der Waals surface area contributed by atoms with Crippen molar-refractivity contribution in [2.45, 2.75) is 20.8 Å². The molecule has 0 radical (unpaired) electrons. The lowest BCUT2D eigenvalue weighted by Gasteiger charge is -2.18. The molecule has 0 atom stereocenters. The van der Waals surface area contributed by atoms with Crippen molar-refractivity contribution in [1.82, 2.24) is 4.90 Å². The molecule has 114 valence electrons. The zero-order valence-corrected chi connectivity index (χ0v) is 12.5. The third-order valence-electron chi connectivity index (χ3n) is 2.86. The van der Waals surface area contributed by atoms with Gasteiger partial charge in [0.25, 0.3) is 5.91 Å². The van der Waals surface area contributed by atoms with Gasteiger partial charge in [-0.3, -0.25) is 9.59 Å². The van der Waals surface area contributed by atoms with Crippen LogP contribution in [0.1, 0.15) is 31.1 Å². The zero-order valence-electron chi connectivity index (χ0n) is 12.5. The maximum absolute atomic E-state index is 11.9. The van der Waals surface area contributed by atoms with Crippen molar-refractivity contribution in [3.63, 3.8) is 0 Å². The van der Waals surface area contributed by atoms with Crippen molar-refractivity contribution < 1.29 is 19.1 Å². The maximum Gasteiger partial charge on any atom is 0.338 e. The number of rotatable bonds is 6. The molecule has 0 unspecified atom stereocenters. The van der Waals surface area contributed by atoms with Crippen LogP contribution in [0.4, 0.5) is 5.69 Å². The molecule has 0 saturated heterocycles. The fourth-order valence-electron chi connectivity index (χ4n) is 1.81. The van der Waals surface area contributed by atoms with Crippen LogP contribution < -0.4 is 5.32 Å². The van der Waals surface area contributed by atoms with Crippen molar-refractivity contribution in [3.05, 3.63) is 29.8 Å². The van der Waals surface area contributed by atoms with E-state index < -0.39 is 5.97 Å². The Hall–Kier alpha value is -2.37. The number of anilines is 1. The summed E-state index contributed by atoms with van der Waals surface area (Å²) in [5.41, 5.74) is 0.792. The lowest BCUT2D eigenvalue weighted by atomic mass is 10.2. The predicted octanol–water partition coefficient (Wildman–Crippen LogP) is 1.67. The SMILES string of the molecule is CCN(CC)C(=O)COC(=O)c1cccc(NC(C)=O)c1. The summed E-state index contributed by atoms with van der Waals surface area (Å²) in [5, 5.41) is 2.58. The fourth-order valence-corrected chi connectivity index (χ4v) is 1.81. The van der Waals surface area contributed by atoms with Gasteiger partial charge in [-0.15, -0.1) is 0 Å². The van der Waals surface area contributed by atoms with Gasteiger partial charge in [0, 0.05) is 25.7 Å². The van der Waals surface area contributed by atoms with Crippen LogP contribution in [-0.2, 0) is 14.3 Å². The molecule has 1 rings (SSSR count). The monoisotopic (exact) mass is 292 g/mol. The molecule has 0 heterocycles. The minimum absolute atomic E-state index is 0.225. The van der Waals surface area contributed by atoms with Gasteiger partial charge in [-0.1, -0.05) is 6.07 Å². The number of hydrogen-bond donors (Lipinski definition) is 1. The van der Waals surface area contributed by atoms with Crippen molar-refractivity contribution >= 4 is 23.5 Å². The number of likely N-dealkylation sites (N-methyl/N-ethyl adjacent to an activating group) is 1. The molecule has 21 heavy (non-hydrogen) atoms. The molecule has 1 aromatic rings. The van der Waals surface area contributed by atoms with E-state index in [4.69, 9.17) is 4.74 Å². The zero-order chi connectivity index (χ0) is 15.8. The molecule has 0 aliphatic carbocycles. The summed E-state index contributed by atoms with van der Waals surface area (Å²) in [4.78, 5) is 36.2. The van der Waals surface area contributed by atoms with Gasteiger partial charge in [-0.25, -0.2) is 4.79 Å². The van der Waals surface area contributed by atoms with E-state index in [0.29, 0.717) is 18.8 Å². The largest absolute Gasteiger partial charge is 0.452 e. The van der Waals surface area contributed by atoms with E-state index in [1.807, 2.05) is 13.8 Å². The van der Waals surface area contributed by atoms with Crippen LogP contribution in [-0.4, -0.2) is 42.4 Å². The number of carbonyl (C=O) groups is 3. The number of amides is 2. The summed E-state index contributed by atoms with van der Waals surface area (Å²) in [6.07, 6.45) is 0. The van der Waals surface area contributed by atoms with Crippen LogP contribution in [0.5, 0.6) is 0 Å². The van der Waals surface area contributed by atoms with Gasteiger partial charge in [0.2, 0.25) is 5.91 Å². The van der Waals surface area contributed by atoms with Gasteiger partial charge in [0.15, 0.2) is 6.61 Å². The first-order chi connectivity index (χ1) is 9.97. The normalized spacial score (nSPS) is 9.86. The van der Waals surface area contributed by atoms with Crippen molar-refractivity contribution in [2.24, 2.45) is 0 Å². The van der Waals surface area contributed by atoms with Gasteiger partial charge in [0.05, 0.1) is 5.56 Å². The Morgan fingerprint density at radius 3 is 2.43 bits per heavy atom. The van der Waals surface area contributed by atoms with Crippen LogP contribution >= 0.6 is 0 Å². The van der Waals surface area contributed by atoms with E-state index in [1.54, 1.807) is 23.1 Å². The fraction of sp³-hybridized carbons (Fsp3) is 0.400. The Morgan fingerprint density at radius 2 is 1.86 bits per heavy atom. The standard InChI is InChI=1S/C15H20N2O4/c1-4-17(5-2)14(19)10-21-15(20)12-7-6-8-13(9-12)16-11(3)18/h6-9H,4-5,10H2,1-3H3,(H,16,18). The highest BCUT2D eigenvalue weighted by molar-refractivity contribution is 5.94. The number of hydrogen-bond acceptors (Lipinski definition) is 4. The third kappa shape index (κ3) is 5.25. The molecule has 0 aliphatic heterocycles. The second-order valence-corrected chi connectivity index (χ2v) is 4.40. The van der Waals surface area contributed by atoms with E-state index in [-0.39, 0.29) is 24.0 Å². The Morgan fingerprint density at radius 1 is 1.19 bits per heavy atom. The topological polar surface area (TPSA) is 75.7 Å². The highest BCUT2D eigenvalue weighted by Crippen LogP contribution is 2.11.